The van der Waals surface area contributed by atoms with Gasteiger partial charge in [0.2, 0.25) is 5.95 Å². The van der Waals surface area contributed by atoms with E-state index < -0.39 is 0 Å². The van der Waals surface area contributed by atoms with Gasteiger partial charge >= 0.3 is 0 Å². The van der Waals surface area contributed by atoms with E-state index in [1.54, 1.807) is 4.57 Å². The van der Waals surface area contributed by atoms with Crippen LogP contribution in [0.2, 0.25) is 0 Å². The van der Waals surface area contributed by atoms with Crippen LogP contribution in [-0.4, -0.2) is 20.1 Å². The number of hydrogen-bond acceptors (Lipinski definition) is 4. The highest BCUT2D eigenvalue weighted by atomic mass is 32.2. The third-order valence-electron chi connectivity index (χ3n) is 1.94. The number of hydrogen-bond donors (Lipinski definition) is 1. The molecule has 0 aliphatic rings. The Balaban J connectivity index is 2.74. The molecule has 0 unspecified atom stereocenters. The van der Waals surface area contributed by atoms with Crippen molar-refractivity contribution in [2.75, 3.05) is 12.0 Å². The molecular formula is C9H9N3S2. The maximum atomic E-state index is 5.78. The predicted octanol–water partition coefficient (Wildman–Crippen LogP) is 2.11. The van der Waals surface area contributed by atoms with Crippen molar-refractivity contribution in [3.63, 3.8) is 0 Å². The van der Waals surface area contributed by atoms with Crippen LogP contribution in [0.25, 0.3) is 11.0 Å². The van der Waals surface area contributed by atoms with Crippen LogP contribution >= 0.6 is 24.0 Å². The van der Waals surface area contributed by atoms with Gasteiger partial charge in [0.05, 0.1) is 11.0 Å². The minimum absolute atomic E-state index is 0.450. The molecule has 0 saturated heterocycles. The first kappa shape index (κ1) is 9.48. The van der Waals surface area contributed by atoms with Crippen molar-refractivity contribution in [1.29, 1.82) is 0 Å². The van der Waals surface area contributed by atoms with Gasteiger partial charge in [-0.15, -0.1) is 0 Å². The van der Waals surface area contributed by atoms with E-state index in [0.29, 0.717) is 5.95 Å². The molecule has 0 atom stereocenters. The van der Waals surface area contributed by atoms with Gasteiger partial charge < -0.3 is 5.73 Å². The second-order valence-corrected chi connectivity index (χ2v) is 4.20. The molecule has 2 aromatic rings. The van der Waals surface area contributed by atoms with Gasteiger partial charge in [0.15, 0.2) is 0 Å². The van der Waals surface area contributed by atoms with Crippen LogP contribution in [0.3, 0.4) is 0 Å². The fraction of sp³-hybridized carbons (Fsp3) is 0.111. The van der Waals surface area contributed by atoms with Crippen molar-refractivity contribution in [2.45, 2.75) is 0 Å². The first-order valence-corrected chi connectivity index (χ1v) is 5.68. The fourth-order valence-electron chi connectivity index (χ4n) is 1.33. The number of thiocarbonyl (C=S) groups is 1. The molecule has 2 rings (SSSR count). The summed E-state index contributed by atoms with van der Waals surface area (Å²) in [7, 11) is 0. The molecule has 72 valence electrons. The molecule has 2 N–H and O–H groups in total. The highest BCUT2D eigenvalue weighted by Crippen LogP contribution is 2.19. The van der Waals surface area contributed by atoms with Crippen molar-refractivity contribution in [3.05, 3.63) is 24.3 Å². The summed E-state index contributed by atoms with van der Waals surface area (Å²) in [5, 5.41) is 0. The zero-order valence-corrected chi connectivity index (χ0v) is 9.23. The molecule has 1 aromatic carbocycles. The lowest BCUT2D eigenvalue weighted by atomic mass is 10.3. The second kappa shape index (κ2) is 3.59. The molecule has 14 heavy (non-hydrogen) atoms. The van der Waals surface area contributed by atoms with Crippen molar-refractivity contribution >= 4 is 45.3 Å². The Morgan fingerprint density at radius 3 is 2.93 bits per heavy atom. The van der Waals surface area contributed by atoms with Crippen LogP contribution in [0.15, 0.2) is 24.3 Å². The fourth-order valence-corrected chi connectivity index (χ4v) is 1.89. The monoisotopic (exact) mass is 223 g/mol. The lowest BCUT2D eigenvalue weighted by Gasteiger charge is -2.03. The largest absolute Gasteiger partial charge is 0.369 e. The maximum Gasteiger partial charge on any atom is 0.207 e. The van der Waals surface area contributed by atoms with Gasteiger partial charge in [-0.25, -0.2) is 4.98 Å². The molecule has 5 heteroatoms. The summed E-state index contributed by atoms with van der Waals surface area (Å²) in [6.07, 6.45) is 1.93. The predicted molar refractivity (Wildman–Crippen MR) is 65.7 cm³/mol. The van der Waals surface area contributed by atoms with E-state index in [2.05, 4.69) is 4.98 Å². The molecule has 0 radical (unpaired) electrons. The minimum atomic E-state index is 0.450. The Hall–Kier alpha value is -1.07. The van der Waals surface area contributed by atoms with Crippen LogP contribution in [0.1, 0.15) is 0 Å². The second-order valence-electron chi connectivity index (χ2n) is 2.76. The number of anilines is 1. The van der Waals surface area contributed by atoms with E-state index in [0.717, 1.165) is 15.4 Å². The van der Waals surface area contributed by atoms with E-state index in [9.17, 15) is 0 Å². The zero-order valence-electron chi connectivity index (χ0n) is 7.60. The Bertz CT molecular complexity index is 490. The molecule has 0 saturated carbocycles. The molecule has 0 aliphatic heterocycles. The van der Waals surface area contributed by atoms with E-state index in [4.69, 9.17) is 18.0 Å². The molecule has 0 spiro atoms. The summed E-state index contributed by atoms with van der Waals surface area (Å²) in [4.78, 5) is 4.22. The number of para-hydroxylation sites is 2. The van der Waals surface area contributed by atoms with Gasteiger partial charge in [-0.1, -0.05) is 36.1 Å². The number of thioether (sulfide) groups is 1. The van der Waals surface area contributed by atoms with Crippen LogP contribution in [0.5, 0.6) is 0 Å². The first-order chi connectivity index (χ1) is 6.74. The lowest BCUT2D eigenvalue weighted by Crippen LogP contribution is -2.08. The zero-order chi connectivity index (χ0) is 10.1. The number of fused-ring (bicyclic) bond motifs is 1. The minimum Gasteiger partial charge on any atom is -0.369 e. The average Bonchev–Trinajstić information content (AvgIpc) is 2.53. The van der Waals surface area contributed by atoms with Gasteiger partial charge in [-0.05, 0) is 18.4 Å². The number of nitrogens with two attached hydrogens (primary N) is 1. The van der Waals surface area contributed by atoms with Gasteiger partial charge in [-0.3, -0.25) is 4.57 Å². The Kier molecular flexibility index (Phi) is 2.43. The summed E-state index contributed by atoms with van der Waals surface area (Å²) in [5.74, 6) is 0.450. The van der Waals surface area contributed by atoms with E-state index in [1.807, 2.05) is 30.5 Å². The Morgan fingerprint density at radius 2 is 2.21 bits per heavy atom. The summed E-state index contributed by atoms with van der Waals surface area (Å²) in [5.41, 5.74) is 7.62. The molecule has 0 fully saturated rings. The highest BCUT2D eigenvalue weighted by Gasteiger charge is 2.09. The van der Waals surface area contributed by atoms with Crippen LogP contribution < -0.4 is 5.73 Å². The summed E-state index contributed by atoms with van der Waals surface area (Å²) < 4.78 is 2.51. The average molecular weight is 223 g/mol. The van der Waals surface area contributed by atoms with Gasteiger partial charge in [0, 0.05) is 0 Å². The summed E-state index contributed by atoms with van der Waals surface area (Å²) in [6.45, 7) is 0. The SMILES string of the molecule is CSC(=S)n1c(N)nc2ccccc21. The van der Waals surface area contributed by atoms with Crippen LogP contribution in [0.4, 0.5) is 5.95 Å². The van der Waals surface area contributed by atoms with Gasteiger partial charge in [-0.2, -0.15) is 0 Å². The van der Waals surface area contributed by atoms with Gasteiger partial charge in [0.25, 0.3) is 0 Å². The van der Waals surface area contributed by atoms with Crippen LogP contribution in [-0.2, 0) is 0 Å². The Morgan fingerprint density at radius 1 is 1.50 bits per heavy atom. The van der Waals surface area contributed by atoms with Gasteiger partial charge in [0.1, 0.15) is 4.32 Å². The van der Waals surface area contributed by atoms with Crippen LogP contribution in [0, 0.1) is 0 Å². The number of aromatic nitrogens is 2. The summed E-state index contributed by atoms with van der Waals surface area (Å²) in [6, 6.07) is 7.76. The molecule has 0 aliphatic carbocycles. The van der Waals surface area contributed by atoms with Crippen molar-refractivity contribution in [1.82, 2.24) is 9.55 Å². The number of imidazole rings is 1. The van der Waals surface area contributed by atoms with Crippen molar-refractivity contribution in [2.24, 2.45) is 0 Å². The van der Waals surface area contributed by atoms with E-state index in [1.165, 1.54) is 11.8 Å². The third-order valence-corrected chi connectivity index (χ3v) is 3.16. The number of nitrogens with zero attached hydrogens (tertiary/aromatic N) is 2. The maximum absolute atomic E-state index is 5.78. The Labute approximate surface area is 91.3 Å². The summed E-state index contributed by atoms with van der Waals surface area (Å²) >= 11 is 6.68. The van der Waals surface area contributed by atoms with Crippen molar-refractivity contribution < 1.29 is 0 Å². The number of nitrogen functional groups attached to an aromatic ring is 1. The quantitative estimate of drug-likeness (QED) is 0.695. The third kappa shape index (κ3) is 1.38. The molecule has 1 aromatic heterocycles. The lowest BCUT2D eigenvalue weighted by molar-refractivity contribution is 1.23. The molecule has 0 bridgehead atoms. The molecular weight excluding hydrogens is 214 g/mol. The number of benzene rings is 1. The van der Waals surface area contributed by atoms with E-state index >= 15 is 0 Å². The highest BCUT2D eigenvalue weighted by molar-refractivity contribution is 8.22. The normalized spacial score (nSPS) is 10.6. The molecule has 1 heterocycles. The molecule has 0 amide bonds. The molecule has 3 nitrogen and oxygen atoms in total. The van der Waals surface area contributed by atoms with Crippen molar-refractivity contribution in [3.8, 4) is 0 Å². The topological polar surface area (TPSA) is 43.8 Å². The standard InChI is InChI=1S/C9H9N3S2/c1-14-9(13)12-7-5-3-2-4-6(7)11-8(12)10/h2-5H,1H3,(H2,10,11). The van der Waals surface area contributed by atoms with E-state index in [-0.39, 0.29) is 0 Å². The smallest absolute Gasteiger partial charge is 0.207 e. The number of rotatable bonds is 0. The first-order valence-electron chi connectivity index (χ1n) is 4.05.